The molecule has 1 heterocycles. The first-order valence-corrected chi connectivity index (χ1v) is 11.1. The molecule has 0 bridgehead atoms. The third kappa shape index (κ3) is 4.71. The van der Waals surface area contributed by atoms with Crippen LogP contribution in [0.15, 0.2) is 47.4 Å². The molecule has 0 radical (unpaired) electrons. The number of benzene rings is 2. The average molecular weight is 431 g/mol. The standard InChI is InChI=1S/C22H26N2O5S/c1-15-12-17(22(2,3)4)8-9-19(15)29-21(26)16-6-5-7-18(13-16)30(27,28)24-11-10-23-20(25)14-24/h5-9,12-13H,10-11,14H2,1-4H3,(H,23,25). The van der Waals surface area contributed by atoms with Crippen LogP contribution in [-0.2, 0) is 20.2 Å². The summed E-state index contributed by atoms with van der Waals surface area (Å²) in [4.78, 5) is 24.2. The molecule has 8 heteroatoms. The maximum atomic E-state index is 12.8. The molecule has 1 aliphatic heterocycles. The number of esters is 1. The van der Waals surface area contributed by atoms with Gasteiger partial charge in [-0.1, -0.05) is 39.0 Å². The number of carbonyl (C=O) groups excluding carboxylic acids is 2. The van der Waals surface area contributed by atoms with E-state index in [1.165, 1.54) is 24.3 Å². The molecule has 1 amide bonds. The molecule has 30 heavy (non-hydrogen) atoms. The zero-order valence-corrected chi connectivity index (χ0v) is 18.4. The van der Waals surface area contributed by atoms with Crippen molar-refractivity contribution < 1.29 is 22.7 Å². The van der Waals surface area contributed by atoms with Crippen molar-refractivity contribution in [3.05, 3.63) is 59.2 Å². The van der Waals surface area contributed by atoms with Crippen LogP contribution in [0.2, 0.25) is 0 Å². The summed E-state index contributed by atoms with van der Waals surface area (Å²) in [6.07, 6.45) is 0. The van der Waals surface area contributed by atoms with Gasteiger partial charge in [0.15, 0.2) is 0 Å². The Labute approximate surface area is 177 Å². The molecule has 0 unspecified atom stereocenters. The van der Waals surface area contributed by atoms with Gasteiger partial charge in [0, 0.05) is 13.1 Å². The Balaban J connectivity index is 1.82. The summed E-state index contributed by atoms with van der Waals surface area (Å²) in [6.45, 7) is 8.37. The number of nitrogens with one attached hydrogen (secondary N) is 1. The number of hydrogen-bond acceptors (Lipinski definition) is 5. The van der Waals surface area contributed by atoms with Gasteiger partial charge in [-0.2, -0.15) is 4.31 Å². The van der Waals surface area contributed by atoms with E-state index in [9.17, 15) is 18.0 Å². The van der Waals surface area contributed by atoms with Gasteiger partial charge in [0.1, 0.15) is 5.75 Å². The minimum atomic E-state index is -3.89. The van der Waals surface area contributed by atoms with E-state index in [-0.39, 0.29) is 41.4 Å². The molecule has 2 aromatic carbocycles. The van der Waals surface area contributed by atoms with Crippen LogP contribution in [0.4, 0.5) is 0 Å². The molecule has 0 aromatic heterocycles. The third-order valence-electron chi connectivity index (χ3n) is 4.95. The lowest BCUT2D eigenvalue weighted by molar-refractivity contribution is -0.122. The average Bonchev–Trinajstić information content (AvgIpc) is 2.68. The molecule has 160 valence electrons. The molecule has 0 atom stereocenters. The van der Waals surface area contributed by atoms with Gasteiger partial charge >= 0.3 is 5.97 Å². The highest BCUT2D eigenvalue weighted by atomic mass is 32.2. The second kappa shape index (κ2) is 8.20. The predicted octanol–water partition coefficient (Wildman–Crippen LogP) is 2.63. The lowest BCUT2D eigenvalue weighted by Crippen LogP contribution is -2.49. The van der Waals surface area contributed by atoms with E-state index in [2.05, 4.69) is 26.1 Å². The van der Waals surface area contributed by atoms with Gasteiger partial charge in [0.05, 0.1) is 17.0 Å². The summed E-state index contributed by atoms with van der Waals surface area (Å²) in [5.41, 5.74) is 2.04. The Bertz CT molecular complexity index is 1090. The van der Waals surface area contributed by atoms with Crippen LogP contribution in [0.3, 0.4) is 0 Å². The molecule has 0 saturated carbocycles. The number of aryl methyl sites for hydroxylation is 1. The molecule has 1 saturated heterocycles. The minimum absolute atomic E-state index is 0.0264. The largest absolute Gasteiger partial charge is 0.423 e. The van der Waals surface area contributed by atoms with Crippen LogP contribution in [-0.4, -0.2) is 44.2 Å². The monoisotopic (exact) mass is 430 g/mol. The van der Waals surface area contributed by atoms with Gasteiger partial charge in [-0.15, -0.1) is 0 Å². The Morgan fingerprint density at radius 3 is 2.50 bits per heavy atom. The van der Waals surface area contributed by atoms with Crippen molar-refractivity contribution >= 4 is 21.9 Å². The van der Waals surface area contributed by atoms with Gasteiger partial charge in [-0.25, -0.2) is 13.2 Å². The summed E-state index contributed by atoms with van der Waals surface area (Å²) in [5.74, 6) is -0.571. The van der Waals surface area contributed by atoms with Gasteiger partial charge in [-0.05, 0) is 47.7 Å². The quantitative estimate of drug-likeness (QED) is 0.595. The highest BCUT2D eigenvalue weighted by Gasteiger charge is 2.29. The zero-order valence-electron chi connectivity index (χ0n) is 17.6. The van der Waals surface area contributed by atoms with E-state index in [1.807, 2.05) is 19.1 Å². The maximum Gasteiger partial charge on any atom is 0.343 e. The fourth-order valence-corrected chi connectivity index (χ4v) is 4.59. The highest BCUT2D eigenvalue weighted by Crippen LogP contribution is 2.28. The fourth-order valence-electron chi connectivity index (χ4n) is 3.14. The Morgan fingerprint density at radius 2 is 1.87 bits per heavy atom. The van der Waals surface area contributed by atoms with E-state index in [1.54, 1.807) is 6.07 Å². The summed E-state index contributed by atoms with van der Waals surface area (Å²) in [7, 11) is -3.89. The van der Waals surface area contributed by atoms with Crippen LogP contribution in [0.25, 0.3) is 0 Å². The summed E-state index contributed by atoms with van der Waals surface area (Å²) >= 11 is 0. The van der Waals surface area contributed by atoms with E-state index in [4.69, 9.17) is 4.74 Å². The van der Waals surface area contributed by atoms with Crippen molar-refractivity contribution in [2.24, 2.45) is 0 Å². The summed E-state index contributed by atoms with van der Waals surface area (Å²) in [6, 6.07) is 11.3. The molecular formula is C22H26N2O5S. The Kier molecular flexibility index (Phi) is 6.01. The van der Waals surface area contributed by atoms with Gasteiger partial charge in [-0.3, -0.25) is 4.79 Å². The smallest absolute Gasteiger partial charge is 0.343 e. The molecule has 0 spiro atoms. The number of carbonyl (C=O) groups is 2. The maximum absolute atomic E-state index is 12.8. The number of rotatable bonds is 4. The fraction of sp³-hybridized carbons (Fsp3) is 0.364. The SMILES string of the molecule is Cc1cc(C(C)(C)C)ccc1OC(=O)c1cccc(S(=O)(=O)N2CCNC(=O)C2)c1. The summed E-state index contributed by atoms with van der Waals surface area (Å²) < 4.78 is 32.3. The number of hydrogen-bond donors (Lipinski definition) is 1. The third-order valence-corrected chi connectivity index (χ3v) is 6.80. The Morgan fingerprint density at radius 1 is 1.13 bits per heavy atom. The van der Waals surface area contributed by atoms with Gasteiger partial charge < -0.3 is 10.1 Å². The van der Waals surface area contributed by atoms with Crippen molar-refractivity contribution in [1.29, 1.82) is 0 Å². The molecule has 1 fully saturated rings. The van der Waals surface area contributed by atoms with Crippen LogP contribution >= 0.6 is 0 Å². The van der Waals surface area contributed by atoms with E-state index < -0.39 is 16.0 Å². The number of ether oxygens (including phenoxy) is 1. The van der Waals surface area contributed by atoms with Crippen molar-refractivity contribution in [3.8, 4) is 5.75 Å². The molecular weight excluding hydrogens is 404 g/mol. The first-order chi connectivity index (χ1) is 14.0. The van der Waals surface area contributed by atoms with Crippen molar-refractivity contribution in [2.75, 3.05) is 19.6 Å². The molecule has 0 aliphatic carbocycles. The van der Waals surface area contributed by atoms with Crippen molar-refractivity contribution in [2.45, 2.75) is 38.0 Å². The first-order valence-electron chi connectivity index (χ1n) is 9.69. The van der Waals surface area contributed by atoms with E-state index >= 15 is 0 Å². The van der Waals surface area contributed by atoms with Crippen molar-refractivity contribution in [3.63, 3.8) is 0 Å². The molecule has 1 N–H and O–H groups in total. The lowest BCUT2D eigenvalue weighted by atomic mass is 9.86. The first kappa shape index (κ1) is 22.0. The number of amides is 1. The molecule has 7 nitrogen and oxygen atoms in total. The number of sulfonamides is 1. The zero-order chi connectivity index (χ0) is 22.1. The second-order valence-corrected chi connectivity index (χ2v) is 10.3. The Hall–Kier alpha value is -2.71. The van der Waals surface area contributed by atoms with E-state index in [0.29, 0.717) is 5.75 Å². The van der Waals surface area contributed by atoms with Crippen LogP contribution in [0, 0.1) is 6.92 Å². The van der Waals surface area contributed by atoms with Gasteiger partial charge in [0.25, 0.3) is 0 Å². The number of piperazine rings is 1. The molecule has 1 aliphatic rings. The number of nitrogens with zero attached hydrogens (tertiary/aromatic N) is 1. The normalized spacial score (nSPS) is 15.5. The summed E-state index contributed by atoms with van der Waals surface area (Å²) in [5, 5.41) is 2.59. The van der Waals surface area contributed by atoms with Crippen LogP contribution in [0.1, 0.15) is 42.3 Å². The van der Waals surface area contributed by atoms with Gasteiger partial charge in [0.2, 0.25) is 15.9 Å². The minimum Gasteiger partial charge on any atom is -0.423 e. The highest BCUT2D eigenvalue weighted by molar-refractivity contribution is 7.89. The molecule has 3 rings (SSSR count). The van der Waals surface area contributed by atoms with Crippen LogP contribution in [0.5, 0.6) is 5.75 Å². The lowest BCUT2D eigenvalue weighted by Gasteiger charge is -2.26. The molecule has 2 aromatic rings. The predicted molar refractivity (Wildman–Crippen MR) is 113 cm³/mol. The van der Waals surface area contributed by atoms with Crippen LogP contribution < -0.4 is 10.1 Å². The topological polar surface area (TPSA) is 92.8 Å². The van der Waals surface area contributed by atoms with Crippen molar-refractivity contribution in [1.82, 2.24) is 9.62 Å². The second-order valence-electron chi connectivity index (χ2n) is 8.34. The van der Waals surface area contributed by atoms with E-state index in [0.717, 1.165) is 15.4 Å².